The molecule has 6 N–H and O–H groups in total. The number of azo groups is 3. The fourth-order valence-corrected chi connectivity index (χ4v) is 10.6. The Morgan fingerprint density at radius 3 is 1.91 bits per heavy atom. The lowest BCUT2D eigenvalue weighted by Gasteiger charge is -2.11. The van der Waals surface area contributed by atoms with E-state index in [-0.39, 0.29) is 55.0 Å². The Labute approximate surface area is 439 Å². The number of nitrogens with zero attached hydrogens (tertiary/aromatic N) is 9. The molecule has 9 aromatic rings. The Morgan fingerprint density at radius 1 is 0.553 bits per heavy atom. The van der Waals surface area contributed by atoms with Gasteiger partial charge in [-0.15, -0.1) is 33.4 Å². The number of aromatic nitrogens is 3. The van der Waals surface area contributed by atoms with Gasteiger partial charge in [-0.25, -0.2) is 15.8 Å². The van der Waals surface area contributed by atoms with Gasteiger partial charge in [0.05, 0.1) is 81.5 Å². The van der Waals surface area contributed by atoms with Gasteiger partial charge in [0.15, 0.2) is 5.75 Å². The van der Waals surface area contributed by atoms with Crippen LogP contribution in [0, 0.1) is 13.8 Å². The summed E-state index contributed by atoms with van der Waals surface area (Å²) in [6.45, 7) is 3.61. The minimum atomic E-state index is -4.96. The number of aromatic hydroxyl groups is 1. The van der Waals surface area contributed by atoms with Crippen molar-refractivity contribution >= 4 is 134 Å². The summed E-state index contributed by atoms with van der Waals surface area (Å²) in [5.41, 5.74) is 4.08. The van der Waals surface area contributed by atoms with Crippen LogP contribution in [-0.2, 0) is 48.4 Å². The van der Waals surface area contributed by atoms with Crippen molar-refractivity contribution in [1.29, 1.82) is 0 Å². The van der Waals surface area contributed by atoms with Gasteiger partial charge in [-0.3, -0.25) is 9.11 Å². The highest BCUT2D eigenvalue weighted by Crippen LogP contribution is 2.46. The highest BCUT2D eigenvalue weighted by Gasteiger charge is 2.24. The second kappa shape index (κ2) is 22.6. The standard InChI is InChI=1S/C45H33N9O17S5/c1-22-12-26(5-10-35(22)48-47-27-4-7-31-24(14-27)16-29(72-69-66-56)18-40(31)73-70-67-57)46-49-37-21-39(65-3)38(13-23(37)2)50-51-44-41(74-71-68-58)17-25-15-28(6-8-32(25)45(44)55)54-52-36-11-9-33-34(43(36)53-54)19-30(75(59,60)61)20-42(33)76(62,63)64/h4-21,55-58H,1-3H3,(H,59,60,61)(H,62,63,64). The number of ether oxygens (including phenoxy) is 1. The van der Waals surface area contributed by atoms with Crippen molar-refractivity contribution in [3.8, 4) is 17.2 Å². The predicted molar refractivity (Wildman–Crippen MR) is 273 cm³/mol. The predicted octanol–water partition coefficient (Wildman–Crippen LogP) is 13.2. The number of aryl methyl sites for hydroxylation is 2. The molecule has 0 bridgehead atoms. The summed E-state index contributed by atoms with van der Waals surface area (Å²) in [4.78, 5) is 0.794. The smallest absolute Gasteiger partial charge is 0.295 e. The van der Waals surface area contributed by atoms with Gasteiger partial charge in [0.2, 0.25) is 0 Å². The molecule has 390 valence electrons. The SMILES string of the molecule is COc1cc(N=Nc2ccc(N=Nc3ccc4c(SOOO)cc(SOOO)cc4c3)c(C)c2)c(C)cc1N=Nc1c(SOOO)cc2cc(-n3nc4ccc5c(S(=O)(=O)O)cc(S(=O)(=O)O)cc5c4n3)ccc2c1O. The molecule has 0 aliphatic rings. The number of rotatable bonds is 19. The topological polar surface area (TPSA) is 359 Å². The highest BCUT2D eigenvalue weighted by atomic mass is 32.2. The molecule has 0 spiro atoms. The third-order valence-corrected chi connectivity index (χ3v) is 14.6. The zero-order valence-electron chi connectivity index (χ0n) is 38.6. The normalized spacial score (nSPS) is 12.5. The van der Waals surface area contributed by atoms with Crippen LogP contribution in [0.4, 0.5) is 34.1 Å². The van der Waals surface area contributed by atoms with Crippen LogP contribution in [0.3, 0.4) is 0 Å². The fourth-order valence-electron chi connectivity index (χ4n) is 7.64. The van der Waals surface area contributed by atoms with Crippen LogP contribution in [0.25, 0.3) is 49.0 Å². The number of methoxy groups -OCH3 is 1. The summed E-state index contributed by atoms with van der Waals surface area (Å²) in [5, 5.41) is 86.4. The molecule has 31 heteroatoms. The van der Waals surface area contributed by atoms with Gasteiger partial charge in [0.1, 0.15) is 33.1 Å². The van der Waals surface area contributed by atoms with Crippen LogP contribution in [0.5, 0.6) is 11.5 Å². The Balaban J connectivity index is 0.958. The van der Waals surface area contributed by atoms with Gasteiger partial charge >= 0.3 is 0 Å². The van der Waals surface area contributed by atoms with E-state index < -0.39 is 30.0 Å². The van der Waals surface area contributed by atoms with E-state index in [1.54, 1.807) is 79.7 Å². The van der Waals surface area contributed by atoms with Crippen LogP contribution in [0.2, 0.25) is 0 Å². The van der Waals surface area contributed by atoms with E-state index in [2.05, 4.69) is 64.7 Å². The summed E-state index contributed by atoms with van der Waals surface area (Å²) < 4.78 is 87.8. The maximum atomic E-state index is 12.2. The Morgan fingerprint density at radius 2 is 1.20 bits per heavy atom. The monoisotopic (exact) mass is 1130 g/mol. The summed E-state index contributed by atoms with van der Waals surface area (Å²) >= 11 is 1.98. The number of fused-ring (bicyclic) bond motifs is 5. The van der Waals surface area contributed by atoms with Gasteiger partial charge in [-0.1, -0.05) is 27.2 Å². The van der Waals surface area contributed by atoms with E-state index in [0.717, 1.165) is 45.9 Å². The maximum Gasteiger partial charge on any atom is 0.295 e. The summed E-state index contributed by atoms with van der Waals surface area (Å²) in [5.74, 6) is -0.112. The lowest BCUT2D eigenvalue weighted by atomic mass is 10.1. The first kappa shape index (κ1) is 53.7. The number of hydrogen-bond donors (Lipinski definition) is 6. The van der Waals surface area contributed by atoms with Crippen LogP contribution in [-0.4, -0.2) is 68.9 Å². The van der Waals surface area contributed by atoms with Crippen molar-refractivity contribution in [2.45, 2.75) is 38.3 Å². The first-order valence-corrected chi connectivity index (χ1v) is 26.2. The molecule has 0 amide bonds. The van der Waals surface area contributed by atoms with Crippen molar-refractivity contribution in [2.24, 2.45) is 30.7 Å². The molecule has 76 heavy (non-hydrogen) atoms. The fraction of sp³-hybridized carbons (Fsp3) is 0.0667. The number of phenols is 1. The number of hydrogen-bond acceptors (Lipinski definition) is 26. The van der Waals surface area contributed by atoms with Crippen molar-refractivity contribution in [1.82, 2.24) is 15.0 Å². The molecule has 9 rings (SSSR count). The van der Waals surface area contributed by atoms with Crippen LogP contribution < -0.4 is 4.74 Å². The summed E-state index contributed by atoms with van der Waals surface area (Å²) in [7, 11) is -8.47. The van der Waals surface area contributed by atoms with Crippen LogP contribution in [0.15, 0.2) is 164 Å². The largest absolute Gasteiger partial charge is 0.505 e. The van der Waals surface area contributed by atoms with Gasteiger partial charge in [-0.05, 0) is 132 Å². The maximum absolute atomic E-state index is 12.2. The molecule has 8 aromatic carbocycles. The third-order valence-electron chi connectivity index (χ3n) is 11.1. The van der Waals surface area contributed by atoms with E-state index in [1.165, 1.54) is 31.4 Å². The average Bonchev–Trinajstić information content (AvgIpc) is 3.88. The van der Waals surface area contributed by atoms with E-state index in [1.807, 2.05) is 6.92 Å². The minimum absolute atomic E-state index is 0.0267. The Hall–Kier alpha value is -7.15. The zero-order chi connectivity index (χ0) is 53.9. The molecule has 0 fully saturated rings. The lowest BCUT2D eigenvalue weighted by molar-refractivity contribution is -0.432. The number of benzene rings is 8. The molecule has 0 atom stereocenters. The van der Waals surface area contributed by atoms with Gasteiger partial charge < -0.3 is 9.84 Å². The van der Waals surface area contributed by atoms with Crippen molar-refractivity contribution in [3.05, 3.63) is 120 Å². The van der Waals surface area contributed by atoms with Crippen LogP contribution in [0.1, 0.15) is 11.1 Å². The summed E-state index contributed by atoms with van der Waals surface area (Å²) in [6.07, 6.45) is 0. The molecule has 0 saturated carbocycles. The van der Waals surface area contributed by atoms with E-state index in [0.29, 0.717) is 72.7 Å². The molecule has 0 aliphatic heterocycles. The molecule has 0 radical (unpaired) electrons. The van der Waals surface area contributed by atoms with E-state index in [4.69, 9.17) is 24.8 Å². The van der Waals surface area contributed by atoms with Gasteiger partial charge in [0, 0.05) is 32.0 Å². The molecule has 26 nitrogen and oxygen atoms in total. The first-order chi connectivity index (χ1) is 36.5. The average molecular weight is 1130 g/mol. The van der Waals surface area contributed by atoms with Crippen molar-refractivity contribution in [3.63, 3.8) is 0 Å². The van der Waals surface area contributed by atoms with Crippen molar-refractivity contribution in [2.75, 3.05) is 7.11 Å². The highest BCUT2D eigenvalue weighted by molar-refractivity contribution is 7.95. The molecule has 0 unspecified atom stereocenters. The summed E-state index contributed by atoms with van der Waals surface area (Å²) in [6, 6.07) is 27.7. The minimum Gasteiger partial charge on any atom is -0.505 e. The molecule has 1 heterocycles. The lowest BCUT2D eigenvalue weighted by Crippen LogP contribution is -2.04. The molecular formula is C45H33N9O17S5. The first-order valence-electron chi connectivity index (χ1n) is 21.1. The molecular weight excluding hydrogens is 1100 g/mol. The molecule has 0 saturated heterocycles. The van der Waals surface area contributed by atoms with E-state index in [9.17, 15) is 31.0 Å². The van der Waals surface area contributed by atoms with Crippen LogP contribution >= 0.6 is 36.1 Å². The molecule has 0 aliphatic carbocycles. The Kier molecular flexibility index (Phi) is 16.0. The third kappa shape index (κ3) is 11.6. The van der Waals surface area contributed by atoms with Gasteiger partial charge in [-0.2, -0.15) is 42.1 Å². The second-order valence-electron chi connectivity index (χ2n) is 15.8. The van der Waals surface area contributed by atoms with E-state index >= 15 is 0 Å². The zero-order valence-corrected chi connectivity index (χ0v) is 42.7. The quantitative estimate of drug-likeness (QED) is 0.0144. The van der Waals surface area contributed by atoms with Gasteiger partial charge in [0.25, 0.3) is 20.2 Å². The number of phenolic OH excluding ortho intramolecular Hbond substituents is 1. The Bertz CT molecular complexity index is 4090. The molecule has 1 aromatic heterocycles. The van der Waals surface area contributed by atoms with Crippen molar-refractivity contribution < 1.29 is 79.7 Å². The second-order valence-corrected chi connectivity index (χ2v) is 20.8.